The Balaban J connectivity index is 1.28. The fraction of sp³-hybridized carbons (Fsp3) is 0.500. The maximum Gasteiger partial charge on any atom is 0.191 e. The van der Waals surface area contributed by atoms with E-state index in [-0.39, 0.29) is 6.10 Å². The largest absolute Gasteiger partial charge is 0.378 e. The van der Waals surface area contributed by atoms with E-state index in [1.165, 1.54) is 22.4 Å². The lowest BCUT2D eigenvalue weighted by Gasteiger charge is -2.32. The minimum Gasteiger partial charge on any atom is -0.378 e. The summed E-state index contributed by atoms with van der Waals surface area (Å²) in [7, 11) is 1.83. The monoisotopic (exact) mass is 436 g/mol. The zero-order chi connectivity index (χ0) is 22.2. The highest BCUT2D eigenvalue weighted by molar-refractivity contribution is 5.79. The van der Waals surface area contributed by atoms with Crippen LogP contribution in [-0.4, -0.2) is 52.5 Å². The zero-order valence-electron chi connectivity index (χ0n) is 19.3. The lowest BCUT2D eigenvalue weighted by molar-refractivity contribution is -0.0265. The Morgan fingerprint density at radius 2 is 1.75 bits per heavy atom. The molecule has 4 rings (SSSR count). The lowest BCUT2D eigenvalue weighted by Crippen LogP contribution is -2.41. The van der Waals surface area contributed by atoms with E-state index in [1.54, 1.807) is 0 Å². The van der Waals surface area contributed by atoms with Crippen molar-refractivity contribution in [2.24, 2.45) is 10.9 Å². The third-order valence-electron chi connectivity index (χ3n) is 6.38. The van der Waals surface area contributed by atoms with Gasteiger partial charge < -0.3 is 25.0 Å². The molecule has 2 aromatic rings. The van der Waals surface area contributed by atoms with Crippen LogP contribution in [0.25, 0.3) is 0 Å². The molecule has 2 aromatic carbocycles. The van der Waals surface area contributed by atoms with Crippen LogP contribution in [0.3, 0.4) is 0 Å². The van der Waals surface area contributed by atoms with Crippen LogP contribution in [0.5, 0.6) is 0 Å². The number of guanidine groups is 1. The SMILES string of the molecule is CN=C(NCc1ccc(N2CCOCC2)cc1)NCC1CCCOC1c1ccc(C)cc1. The van der Waals surface area contributed by atoms with Crippen LogP contribution in [0.1, 0.15) is 35.6 Å². The van der Waals surface area contributed by atoms with Gasteiger partial charge in [-0.15, -0.1) is 0 Å². The van der Waals surface area contributed by atoms with Crippen molar-refractivity contribution in [3.05, 3.63) is 65.2 Å². The van der Waals surface area contributed by atoms with Crippen molar-refractivity contribution in [2.75, 3.05) is 51.4 Å². The molecule has 0 amide bonds. The van der Waals surface area contributed by atoms with Crippen LogP contribution in [0.2, 0.25) is 0 Å². The van der Waals surface area contributed by atoms with Gasteiger partial charge in [0.05, 0.1) is 19.3 Å². The molecule has 172 valence electrons. The summed E-state index contributed by atoms with van der Waals surface area (Å²) >= 11 is 0. The number of aliphatic imine (C=N–C) groups is 1. The topological polar surface area (TPSA) is 58.1 Å². The van der Waals surface area contributed by atoms with Crippen LogP contribution < -0.4 is 15.5 Å². The van der Waals surface area contributed by atoms with Crippen molar-refractivity contribution in [3.8, 4) is 0 Å². The molecule has 2 N–H and O–H groups in total. The number of benzene rings is 2. The number of hydrogen-bond acceptors (Lipinski definition) is 4. The Hall–Kier alpha value is -2.57. The van der Waals surface area contributed by atoms with Crippen molar-refractivity contribution in [3.63, 3.8) is 0 Å². The first-order valence-corrected chi connectivity index (χ1v) is 11.8. The molecule has 2 unspecified atom stereocenters. The second-order valence-electron chi connectivity index (χ2n) is 8.68. The molecular weight excluding hydrogens is 400 g/mol. The highest BCUT2D eigenvalue weighted by atomic mass is 16.5. The highest BCUT2D eigenvalue weighted by Gasteiger charge is 2.27. The van der Waals surface area contributed by atoms with Crippen LogP contribution in [0.15, 0.2) is 53.5 Å². The molecule has 0 bridgehead atoms. The van der Waals surface area contributed by atoms with Crippen molar-refractivity contribution in [1.29, 1.82) is 0 Å². The summed E-state index contributed by atoms with van der Waals surface area (Å²) in [5.74, 6) is 1.26. The van der Waals surface area contributed by atoms with Gasteiger partial charge in [-0.3, -0.25) is 4.99 Å². The molecule has 0 spiro atoms. The van der Waals surface area contributed by atoms with E-state index in [1.807, 2.05) is 7.05 Å². The molecule has 6 heteroatoms. The van der Waals surface area contributed by atoms with Crippen LogP contribution in [-0.2, 0) is 16.0 Å². The van der Waals surface area contributed by atoms with Gasteiger partial charge in [0.25, 0.3) is 0 Å². The maximum atomic E-state index is 6.16. The van der Waals surface area contributed by atoms with E-state index in [4.69, 9.17) is 9.47 Å². The summed E-state index contributed by atoms with van der Waals surface area (Å²) in [5.41, 5.74) is 5.05. The van der Waals surface area contributed by atoms with Gasteiger partial charge in [0.1, 0.15) is 0 Å². The number of ether oxygens (including phenoxy) is 2. The molecular formula is C26H36N4O2. The first-order chi connectivity index (χ1) is 15.7. The van der Waals surface area contributed by atoms with Gasteiger partial charge in [0.15, 0.2) is 5.96 Å². The van der Waals surface area contributed by atoms with Crippen LogP contribution >= 0.6 is 0 Å². The fourth-order valence-corrected chi connectivity index (χ4v) is 4.46. The first-order valence-electron chi connectivity index (χ1n) is 11.8. The molecule has 0 radical (unpaired) electrons. The summed E-state index contributed by atoms with van der Waals surface area (Å²) < 4.78 is 11.6. The molecule has 2 aliphatic rings. The van der Waals surface area contributed by atoms with E-state index in [0.717, 1.165) is 64.8 Å². The van der Waals surface area contributed by atoms with Crippen molar-refractivity contribution >= 4 is 11.6 Å². The number of aryl methyl sites for hydroxylation is 1. The molecule has 2 fully saturated rings. The molecule has 2 saturated heterocycles. The number of hydrogen-bond donors (Lipinski definition) is 2. The molecule has 2 atom stereocenters. The summed E-state index contributed by atoms with van der Waals surface area (Å²) in [6.45, 7) is 8.08. The zero-order valence-corrected chi connectivity index (χ0v) is 19.3. The normalized spacial score (nSPS) is 21.9. The second kappa shape index (κ2) is 11.3. The molecule has 32 heavy (non-hydrogen) atoms. The van der Waals surface area contributed by atoms with Crippen LogP contribution in [0.4, 0.5) is 5.69 Å². The molecule has 0 saturated carbocycles. The molecule has 0 aromatic heterocycles. The van der Waals surface area contributed by atoms with Gasteiger partial charge in [-0.1, -0.05) is 42.0 Å². The van der Waals surface area contributed by atoms with E-state index < -0.39 is 0 Å². The minimum atomic E-state index is 0.141. The number of anilines is 1. The van der Waals surface area contributed by atoms with Crippen molar-refractivity contribution in [1.82, 2.24) is 10.6 Å². The van der Waals surface area contributed by atoms with Gasteiger partial charge in [0, 0.05) is 51.4 Å². The fourth-order valence-electron chi connectivity index (χ4n) is 4.46. The van der Waals surface area contributed by atoms with Crippen LogP contribution in [0, 0.1) is 12.8 Å². The third kappa shape index (κ3) is 6.02. The van der Waals surface area contributed by atoms with Gasteiger partial charge in [-0.2, -0.15) is 0 Å². The minimum absolute atomic E-state index is 0.141. The Morgan fingerprint density at radius 1 is 1.00 bits per heavy atom. The standard InChI is InChI=1S/C26H36N4O2/c1-20-5-9-22(10-6-20)25-23(4-3-15-32-25)19-29-26(27-2)28-18-21-7-11-24(12-8-21)30-13-16-31-17-14-30/h5-12,23,25H,3-4,13-19H2,1-2H3,(H2,27,28,29). The third-order valence-corrected chi connectivity index (χ3v) is 6.38. The van der Waals surface area contributed by atoms with E-state index >= 15 is 0 Å². The van der Waals surface area contributed by atoms with Gasteiger partial charge in [0.2, 0.25) is 0 Å². The number of morpholine rings is 1. The maximum absolute atomic E-state index is 6.16. The average Bonchev–Trinajstić information content (AvgIpc) is 2.86. The summed E-state index contributed by atoms with van der Waals surface area (Å²) in [6, 6.07) is 17.5. The second-order valence-corrected chi connectivity index (χ2v) is 8.68. The van der Waals surface area contributed by atoms with E-state index in [0.29, 0.717) is 5.92 Å². The van der Waals surface area contributed by atoms with E-state index in [9.17, 15) is 0 Å². The summed E-state index contributed by atoms with van der Waals surface area (Å²) in [4.78, 5) is 6.79. The number of nitrogens with zero attached hydrogens (tertiary/aromatic N) is 2. The van der Waals surface area contributed by atoms with Gasteiger partial charge in [-0.05, 0) is 43.0 Å². The Bertz CT molecular complexity index is 860. The quantitative estimate of drug-likeness (QED) is 0.535. The summed E-state index contributed by atoms with van der Waals surface area (Å²) in [6.07, 6.45) is 2.41. The first kappa shape index (κ1) is 22.6. The van der Waals surface area contributed by atoms with Gasteiger partial charge >= 0.3 is 0 Å². The number of nitrogens with one attached hydrogen (secondary N) is 2. The molecule has 0 aliphatic carbocycles. The van der Waals surface area contributed by atoms with Crippen molar-refractivity contribution in [2.45, 2.75) is 32.4 Å². The number of rotatable bonds is 6. The molecule has 6 nitrogen and oxygen atoms in total. The van der Waals surface area contributed by atoms with Crippen molar-refractivity contribution < 1.29 is 9.47 Å². The summed E-state index contributed by atoms with van der Waals surface area (Å²) in [5, 5.41) is 6.97. The smallest absolute Gasteiger partial charge is 0.191 e. The average molecular weight is 437 g/mol. The van der Waals surface area contributed by atoms with E-state index in [2.05, 4.69) is 76.0 Å². The predicted molar refractivity (Wildman–Crippen MR) is 130 cm³/mol. The van der Waals surface area contributed by atoms with Gasteiger partial charge in [-0.25, -0.2) is 0 Å². The Morgan fingerprint density at radius 3 is 2.47 bits per heavy atom. The lowest BCUT2D eigenvalue weighted by atomic mass is 9.89. The Labute approximate surface area is 192 Å². The molecule has 2 heterocycles. The highest BCUT2D eigenvalue weighted by Crippen LogP contribution is 2.33. The molecule has 2 aliphatic heterocycles. The predicted octanol–water partition coefficient (Wildman–Crippen LogP) is 3.66. The Kier molecular flexibility index (Phi) is 8.02.